The first-order valence-electron chi connectivity index (χ1n) is 9.41. The van der Waals surface area contributed by atoms with Gasteiger partial charge in [0.1, 0.15) is 12.3 Å². The molecule has 0 atom stereocenters. The number of hydrogen-bond acceptors (Lipinski definition) is 6. The Morgan fingerprint density at radius 1 is 1.00 bits per heavy atom. The van der Waals surface area contributed by atoms with Crippen molar-refractivity contribution in [3.8, 4) is 0 Å². The standard InChI is InChI=1S/C23H20N2O4/c1-4-28-23(27)21-14(3)20-13(2)16-10-19(24-17(16)11-18(20)25-21)22(26)29-12-15-8-6-5-7-9-15/h5-11H,4,12H2,1-3H3. The van der Waals surface area contributed by atoms with Crippen LogP contribution in [0.25, 0.3) is 11.6 Å². The molecular formula is C23H20N2O4. The maximum Gasteiger partial charge on any atom is 0.357 e. The quantitative estimate of drug-likeness (QED) is 0.738. The number of benzene rings is 2. The second-order valence-corrected chi connectivity index (χ2v) is 6.84. The maximum absolute atomic E-state index is 12.5. The van der Waals surface area contributed by atoms with E-state index in [0.717, 1.165) is 27.5 Å². The van der Waals surface area contributed by atoms with E-state index >= 15 is 0 Å². The van der Waals surface area contributed by atoms with Crippen molar-refractivity contribution in [2.75, 3.05) is 6.61 Å². The van der Waals surface area contributed by atoms with Crippen LogP contribution >= 0.6 is 0 Å². The van der Waals surface area contributed by atoms with Gasteiger partial charge in [-0.2, -0.15) is 0 Å². The van der Waals surface area contributed by atoms with Crippen molar-refractivity contribution in [1.82, 2.24) is 0 Å². The molecule has 2 aliphatic heterocycles. The minimum atomic E-state index is -0.471. The Labute approximate surface area is 167 Å². The number of aliphatic imine (C=N–C) groups is 1. The average Bonchev–Trinajstić information content (AvgIpc) is 3.29. The van der Waals surface area contributed by atoms with Gasteiger partial charge in [0.25, 0.3) is 0 Å². The minimum absolute atomic E-state index is 0.193. The topological polar surface area (TPSA) is 77.3 Å². The summed E-state index contributed by atoms with van der Waals surface area (Å²) < 4.78 is 10.5. The number of hydrogen-bond donors (Lipinski definition) is 0. The SMILES string of the molecule is CCOC(=O)C1=C(C)c2c(C)c3c(cc2=N1)N=C(C(=O)OCc1ccccc1)C=3. The molecule has 29 heavy (non-hydrogen) atoms. The number of carbonyl (C=O) groups is 2. The molecule has 0 saturated carbocycles. The van der Waals surface area contributed by atoms with Crippen LogP contribution in [0, 0.1) is 6.92 Å². The summed E-state index contributed by atoms with van der Waals surface area (Å²) in [6.45, 7) is 6.04. The molecule has 0 aromatic heterocycles. The van der Waals surface area contributed by atoms with E-state index in [9.17, 15) is 9.59 Å². The third kappa shape index (κ3) is 3.38. The summed E-state index contributed by atoms with van der Waals surface area (Å²) in [6.07, 6.45) is 1.73. The van der Waals surface area contributed by atoms with Gasteiger partial charge in [0.15, 0.2) is 5.70 Å². The monoisotopic (exact) mass is 388 g/mol. The van der Waals surface area contributed by atoms with Crippen LogP contribution in [0.4, 0.5) is 5.69 Å². The Bertz CT molecular complexity index is 1210. The van der Waals surface area contributed by atoms with Gasteiger partial charge >= 0.3 is 11.9 Å². The van der Waals surface area contributed by atoms with E-state index in [2.05, 4.69) is 9.98 Å². The number of allylic oxidation sites excluding steroid dienone is 1. The first kappa shape index (κ1) is 18.8. The van der Waals surface area contributed by atoms with Crippen LogP contribution in [0.5, 0.6) is 0 Å². The fourth-order valence-corrected chi connectivity index (χ4v) is 3.56. The number of nitrogens with zero attached hydrogens (tertiary/aromatic N) is 2. The third-order valence-corrected chi connectivity index (χ3v) is 4.96. The van der Waals surface area contributed by atoms with Crippen LogP contribution in [0.3, 0.4) is 0 Å². The predicted octanol–water partition coefficient (Wildman–Crippen LogP) is 2.53. The smallest absolute Gasteiger partial charge is 0.357 e. The van der Waals surface area contributed by atoms with Crippen molar-refractivity contribution >= 4 is 35.0 Å². The van der Waals surface area contributed by atoms with Gasteiger partial charge in [0.05, 0.1) is 17.7 Å². The second kappa shape index (κ2) is 7.47. The van der Waals surface area contributed by atoms with E-state index in [1.165, 1.54) is 0 Å². The van der Waals surface area contributed by atoms with E-state index in [0.29, 0.717) is 23.3 Å². The van der Waals surface area contributed by atoms with Gasteiger partial charge in [-0.25, -0.2) is 19.6 Å². The number of carbonyl (C=O) groups excluding carboxylic acids is 2. The molecule has 0 radical (unpaired) electrons. The average molecular weight is 388 g/mol. The highest BCUT2D eigenvalue weighted by atomic mass is 16.5. The van der Waals surface area contributed by atoms with Gasteiger partial charge in [-0.05, 0) is 49.6 Å². The summed E-state index contributed by atoms with van der Waals surface area (Å²) in [5.74, 6) is -0.903. The van der Waals surface area contributed by atoms with Crippen LogP contribution in [0.2, 0.25) is 0 Å². The Morgan fingerprint density at radius 2 is 1.76 bits per heavy atom. The molecule has 0 unspecified atom stereocenters. The molecule has 0 fully saturated rings. The van der Waals surface area contributed by atoms with E-state index in [1.54, 1.807) is 19.1 Å². The van der Waals surface area contributed by atoms with Crippen LogP contribution in [0.15, 0.2) is 52.1 Å². The number of esters is 2. The largest absolute Gasteiger partial charge is 0.461 e. The molecule has 0 spiro atoms. The van der Waals surface area contributed by atoms with Crippen molar-refractivity contribution < 1.29 is 19.1 Å². The highest BCUT2D eigenvalue weighted by Crippen LogP contribution is 2.26. The summed E-state index contributed by atoms with van der Waals surface area (Å²) in [7, 11) is 0. The normalized spacial score (nSPS) is 13.8. The lowest BCUT2D eigenvalue weighted by Crippen LogP contribution is -2.18. The first-order chi connectivity index (χ1) is 14.0. The molecule has 0 saturated heterocycles. The number of ether oxygens (including phenoxy) is 2. The molecule has 2 heterocycles. The second-order valence-electron chi connectivity index (χ2n) is 6.84. The molecule has 0 N–H and O–H groups in total. The summed E-state index contributed by atoms with van der Waals surface area (Å²) in [6, 6.07) is 11.3. The molecule has 0 amide bonds. The van der Waals surface area contributed by atoms with E-state index < -0.39 is 11.9 Å². The van der Waals surface area contributed by atoms with Gasteiger partial charge in [-0.3, -0.25) is 0 Å². The maximum atomic E-state index is 12.5. The summed E-state index contributed by atoms with van der Waals surface area (Å²) in [5.41, 5.74) is 4.72. The molecule has 0 bridgehead atoms. The van der Waals surface area contributed by atoms with E-state index in [4.69, 9.17) is 9.47 Å². The fraction of sp³-hybridized carbons (Fsp3) is 0.217. The lowest BCUT2D eigenvalue weighted by Gasteiger charge is -2.05. The Kier molecular flexibility index (Phi) is 4.84. The predicted molar refractivity (Wildman–Crippen MR) is 109 cm³/mol. The molecule has 2 aliphatic rings. The molecule has 6 heteroatoms. The summed E-state index contributed by atoms with van der Waals surface area (Å²) in [4.78, 5) is 33.5. The van der Waals surface area contributed by atoms with Crippen molar-refractivity contribution in [1.29, 1.82) is 0 Å². The lowest BCUT2D eigenvalue weighted by molar-refractivity contribution is -0.138. The van der Waals surface area contributed by atoms with Crippen molar-refractivity contribution in [3.63, 3.8) is 0 Å². The molecule has 2 aromatic carbocycles. The minimum Gasteiger partial charge on any atom is -0.461 e. The van der Waals surface area contributed by atoms with E-state index in [-0.39, 0.29) is 12.3 Å². The zero-order valence-electron chi connectivity index (χ0n) is 16.5. The van der Waals surface area contributed by atoms with E-state index in [1.807, 2.05) is 44.2 Å². The van der Waals surface area contributed by atoms with Crippen LogP contribution < -0.4 is 10.6 Å². The van der Waals surface area contributed by atoms with Crippen LogP contribution in [-0.4, -0.2) is 24.3 Å². The third-order valence-electron chi connectivity index (χ3n) is 4.96. The van der Waals surface area contributed by atoms with Gasteiger partial charge in [-0.1, -0.05) is 30.3 Å². The summed E-state index contributed by atoms with van der Waals surface area (Å²) >= 11 is 0. The van der Waals surface area contributed by atoms with Gasteiger partial charge < -0.3 is 9.47 Å². The fourth-order valence-electron chi connectivity index (χ4n) is 3.56. The molecule has 146 valence electrons. The zero-order chi connectivity index (χ0) is 20.5. The van der Waals surface area contributed by atoms with Crippen LogP contribution in [-0.2, 0) is 25.7 Å². The van der Waals surface area contributed by atoms with Gasteiger partial charge in [0, 0.05) is 10.8 Å². The molecule has 2 aromatic rings. The van der Waals surface area contributed by atoms with Gasteiger partial charge in [0.2, 0.25) is 0 Å². The number of rotatable bonds is 5. The van der Waals surface area contributed by atoms with Crippen LogP contribution in [0.1, 0.15) is 30.5 Å². The van der Waals surface area contributed by atoms with Crippen molar-refractivity contribution in [2.45, 2.75) is 27.4 Å². The number of fused-ring (bicyclic) bond motifs is 2. The van der Waals surface area contributed by atoms with Crippen molar-refractivity contribution in [3.05, 3.63) is 69.4 Å². The molecule has 4 rings (SSSR count). The molecule has 0 aliphatic carbocycles. The molecule has 6 nitrogen and oxygen atoms in total. The Morgan fingerprint density at radius 3 is 2.48 bits per heavy atom. The Hall–Kier alpha value is -3.54. The molecular weight excluding hydrogens is 368 g/mol. The van der Waals surface area contributed by atoms with Crippen molar-refractivity contribution in [2.24, 2.45) is 9.98 Å². The highest BCUT2D eigenvalue weighted by Gasteiger charge is 2.25. The Balaban J connectivity index is 1.61. The first-order valence-corrected chi connectivity index (χ1v) is 9.41. The summed E-state index contributed by atoms with van der Waals surface area (Å²) in [5, 5.41) is 1.51. The van der Waals surface area contributed by atoms with Gasteiger partial charge in [-0.15, -0.1) is 0 Å². The lowest BCUT2D eigenvalue weighted by atomic mass is 9.98. The zero-order valence-corrected chi connectivity index (χ0v) is 16.5. The highest BCUT2D eigenvalue weighted by molar-refractivity contribution is 6.49.